The van der Waals surface area contributed by atoms with E-state index in [9.17, 15) is 13.2 Å². The van der Waals surface area contributed by atoms with Gasteiger partial charge in [0.1, 0.15) is 0 Å². The van der Waals surface area contributed by atoms with Gasteiger partial charge in [-0.1, -0.05) is 17.7 Å². The molecule has 5 nitrogen and oxygen atoms in total. The highest BCUT2D eigenvalue weighted by atomic mass is 32.2. The zero-order chi connectivity index (χ0) is 16.2. The van der Waals surface area contributed by atoms with Crippen molar-refractivity contribution in [3.63, 3.8) is 0 Å². The number of carbonyl (C=O) groups is 1. The maximum atomic E-state index is 12.3. The molecule has 1 aromatic rings. The van der Waals surface area contributed by atoms with Gasteiger partial charge in [0, 0.05) is 31.1 Å². The SMILES string of the molecule is Cc1ccc(SCC(=O)N2CCCN(S(C)(=O)=O)CC2)cc1. The van der Waals surface area contributed by atoms with Crippen molar-refractivity contribution in [2.24, 2.45) is 0 Å². The number of rotatable bonds is 4. The van der Waals surface area contributed by atoms with Crippen LogP contribution in [0.25, 0.3) is 0 Å². The van der Waals surface area contributed by atoms with Crippen LogP contribution in [0.5, 0.6) is 0 Å². The molecular formula is C15H22N2O3S2. The summed E-state index contributed by atoms with van der Waals surface area (Å²) in [5.41, 5.74) is 1.20. The van der Waals surface area contributed by atoms with E-state index in [1.165, 1.54) is 27.9 Å². The first-order valence-corrected chi connectivity index (χ1v) is 10.1. The number of thioether (sulfide) groups is 1. The van der Waals surface area contributed by atoms with Gasteiger partial charge in [0.25, 0.3) is 0 Å². The fourth-order valence-electron chi connectivity index (χ4n) is 2.35. The van der Waals surface area contributed by atoms with Gasteiger partial charge in [-0.15, -0.1) is 11.8 Å². The van der Waals surface area contributed by atoms with Crippen LogP contribution in [0.1, 0.15) is 12.0 Å². The molecule has 7 heteroatoms. The number of benzene rings is 1. The summed E-state index contributed by atoms with van der Waals surface area (Å²) in [6, 6.07) is 8.09. The summed E-state index contributed by atoms with van der Waals surface area (Å²) in [5, 5.41) is 0. The van der Waals surface area contributed by atoms with Gasteiger partial charge in [-0.25, -0.2) is 12.7 Å². The Morgan fingerprint density at radius 1 is 1.14 bits per heavy atom. The van der Waals surface area contributed by atoms with Crippen LogP contribution in [0.3, 0.4) is 0 Å². The first-order valence-electron chi connectivity index (χ1n) is 7.28. The first-order chi connectivity index (χ1) is 10.4. The highest BCUT2D eigenvalue weighted by Gasteiger charge is 2.23. The number of amides is 1. The molecule has 1 aliphatic rings. The number of hydrogen-bond donors (Lipinski definition) is 0. The minimum atomic E-state index is -3.17. The molecule has 1 heterocycles. The second-order valence-electron chi connectivity index (χ2n) is 5.50. The number of aryl methyl sites for hydroxylation is 1. The first kappa shape index (κ1) is 17.3. The summed E-state index contributed by atoms with van der Waals surface area (Å²) in [7, 11) is -3.17. The molecule has 0 radical (unpaired) electrons. The Morgan fingerprint density at radius 2 is 1.82 bits per heavy atom. The molecule has 0 unspecified atom stereocenters. The second-order valence-corrected chi connectivity index (χ2v) is 8.53. The Balaban J connectivity index is 1.86. The van der Waals surface area contributed by atoms with Crippen LogP contribution in [0.2, 0.25) is 0 Å². The predicted molar refractivity (Wildman–Crippen MR) is 89.5 cm³/mol. The van der Waals surface area contributed by atoms with E-state index in [0.717, 1.165) is 4.90 Å². The molecule has 0 N–H and O–H groups in total. The molecule has 22 heavy (non-hydrogen) atoms. The zero-order valence-corrected chi connectivity index (χ0v) is 14.6. The van der Waals surface area contributed by atoms with Gasteiger partial charge in [-0.3, -0.25) is 4.79 Å². The van der Waals surface area contributed by atoms with E-state index >= 15 is 0 Å². The van der Waals surface area contributed by atoms with E-state index in [2.05, 4.69) is 0 Å². The third-order valence-electron chi connectivity index (χ3n) is 3.66. The van der Waals surface area contributed by atoms with Crippen LogP contribution in [0, 0.1) is 6.92 Å². The minimum absolute atomic E-state index is 0.0703. The largest absolute Gasteiger partial charge is 0.341 e. The number of sulfonamides is 1. The van der Waals surface area contributed by atoms with Crippen LogP contribution >= 0.6 is 11.8 Å². The van der Waals surface area contributed by atoms with Crippen molar-refractivity contribution in [3.8, 4) is 0 Å². The van der Waals surface area contributed by atoms with Gasteiger partial charge in [0.2, 0.25) is 15.9 Å². The number of carbonyl (C=O) groups excluding carboxylic acids is 1. The molecule has 1 saturated heterocycles. The predicted octanol–water partition coefficient (Wildman–Crippen LogP) is 1.58. The smallest absolute Gasteiger partial charge is 0.232 e. The Labute approximate surface area is 136 Å². The minimum Gasteiger partial charge on any atom is -0.341 e. The molecule has 0 spiro atoms. The van der Waals surface area contributed by atoms with E-state index in [4.69, 9.17) is 0 Å². The van der Waals surface area contributed by atoms with Gasteiger partial charge in [0.05, 0.1) is 12.0 Å². The summed E-state index contributed by atoms with van der Waals surface area (Å²) in [6.07, 6.45) is 1.91. The van der Waals surface area contributed by atoms with Crippen molar-refractivity contribution in [2.75, 3.05) is 38.2 Å². The van der Waals surface area contributed by atoms with Crippen molar-refractivity contribution in [1.29, 1.82) is 0 Å². The highest BCUT2D eigenvalue weighted by molar-refractivity contribution is 8.00. The molecule has 0 aliphatic carbocycles. The molecule has 0 saturated carbocycles. The molecular weight excluding hydrogens is 320 g/mol. The normalized spacial score (nSPS) is 17.3. The van der Waals surface area contributed by atoms with Crippen molar-refractivity contribution in [3.05, 3.63) is 29.8 Å². The lowest BCUT2D eigenvalue weighted by Gasteiger charge is -2.20. The lowest BCUT2D eigenvalue weighted by molar-refractivity contribution is -0.128. The third-order valence-corrected chi connectivity index (χ3v) is 5.96. The summed E-state index contributed by atoms with van der Waals surface area (Å²) in [5.74, 6) is 0.461. The Hall–Kier alpha value is -1.05. The molecule has 122 valence electrons. The Morgan fingerprint density at radius 3 is 2.45 bits per heavy atom. The quantitative estimate of drug-likeness (QED) is 0.780. The monoisotopic (exact) mass is 342 g/mol. The molecule has 1 amide bonds. The topological polar surface area (TPSA) is 57.7 Å². The van der Waals surface area contributed by atoms with Crippen LogP contribution < -0.4 is 0 Å². The van der Waals surface area contributed by atoms with Gasteiger partial charge in [-0.05, 0) is 25.5 Å². The molecule has 1 aromatic carbocycles. The third kappa shape index (κ3) is 5.00. The maximum absolute atomic E-state index is 12.3. The van der Waals surface area contributed by atoms with Crippen molar-refractivity contribution >= 4 is 27.7 Å². The van der Waals surface area contributed by atoms with E-state index < -0.39 is 10.0 Å². The lowest BCUT2D eigenvalue weighted by atomic mass is 10.2. The van der Waals surface area contributed by atoms with Gasteiger partial charge >= 0.3 is 0 Å². The van der Waals surface area contributed by atoms with E-state index in [1.807, 2.05) is 31.2 Å². The molecule has 1 aliphatic heterocycles. The van der Waals surface area contributed by atoms with E-state index in [1.54, 1.807) is 4.90 Å². The van der Waals surface area contributed by atoms with Gasteiger partial charge in [0.15, 0.2) is 0 Å². The van der Waals surface area contributed by atoms with E-state index in [-0.39, 0.29) is 5.91 Å². The average Bonchev–Trinajstić information content (AvgIpc) is 2.72. The molecule has 0 atom stereocenters. The Kier molecular flexibility index (Phi) is 5.88. The lowest BCUT2D eigenvalue weighted by Crippen LogP contribution is -2.37. The standard InChI is InChI=1S/C15H22N2O3S2/c1-13-4-6-14(7-5-13)21-12-15(18)16-8-3-9-17(11-10-16)22(2,19)20/h4-7H,3,8-12H2,1-2H3. The summed E-state index contributed by atoms with van der Waals surface area (Å²) in [4.78, 5) is 15.1. The summed E-state index contributed by atoms with van der Waals surface area (Å²) >= 11 is 1.52. The number of hydrogen-bond acceptors (Lipinski definition) is 4. The molecule has 2 rings (SSSR count). The van der Waals surface area contributed by atoms with Crippen molar-refractivity contribution < 1.29 is 13.2 Å². The van der Waals surface area contributed by atoms with Gasteiger partial charge < -0.3 is 4.90 Å². The summed E-state index contributed by atoms with van der Waals surface area (Å²) in [6.45, 7) is 4.01. The van der Waals surface area contributed by atoms with E-state index in [0.29, 0.717) is 38.4 Å². The average molecular weight is 342 g/mol. The molecule has 0 bridgehead atoms. The van der Waals surface area contributed by atoms with Crippen molar-refractivity contribution in [2.45, 2.75) is 18.2 Å². The molecule has 0 aromatic heterocycles. The number of nitrogens with zero attached hydrogens (tertiary/aromatic N) is 2. The van der Waals surface area contributed by atoms with Crippen LogP contribution in [-0.4, -0.2) is 61.7 Å². The second kappa shape index (κ2) is 7.48. The van der Waals surface area contributed by atoms with Crippen LogP contribution in [0.4, 0.5) is 0 Å². The fraction of sp³-hybridized carbons (Fsp3) is 0.533. The van der Waals surface area contributed by atoms with Gasteiger partial charge in [-0.2, -0.15) is 0 Å². The fourth-order valence-corrected chi connectivity index (χ4v) is 4.02. The molecule has 1 fully saturated rings. The maximum Gasteiger partial charge on any atom is 0.232 e. The Bertz CT molecular complexity index is 614. The highest BCUT2D eigenvalue weighted by Crippen LogP contribution is 2.19. The van der Waals surface area contributed by atoms with Crippen molar-refractivity contribution in [1.82, 2.24) is 9.21 Å². The van der Waals surface area contributed by atoms with Crippen LogP contribution in [-0.2, 0) is 14.8 Å². The summed E-state index contributed by atoms with van der Waals surface area (Å²) < 4.78 is 24.6. The zero-order valence-electron chi connectivity index (χ0n) is 13.0. The van der Waals surface area contributed by atoms with Crippen LogP contribution in [0.15, 0.2) is 29.2 Å².